The zero-order chi connectivity index (χ0) is 14.2. The van der Waals surface area contributed by atoms with Gasteiger partial charge in [0.1, 0.15) is 0 Å². The molecule has 0 unspecified atom stereocenters. The molecule has 2 aromatic rings. The normalized spacial score (nSPS) is 16.8. The van der Waals surface area contributed by atoms with Crippen molar-refractivity contribution in [2.45, 2.75) is 8.37 Å². The van der Waals surface area contributed by atoms with Gasteiger partial charge in [-0.1, -0.05) is 64.2 Å². The lowest BCUT2D eigenvalue weighted by Gasteiger charge is -2.08. The summed E-state index contributed by atoms with van der Waals surface area (Å²) in [5.41, 5.74) is 2.14. The highest BCUT2D eigenvalue weighted by Gasteiger charge is 2.30. The third-order valence-corrected chi connectivity index (χ3v) is 6.32. The fourth-order valence-electron chi connectivity index (χ4n) is 1.80. The van der Waals surface area contributed by atoms with Crippen LogP contribution in [0.25, 0.3) is 11.4 Å². The first-order valence-electron chi connectivity index (χ1n) is 5.78. The molecule has 20 heavy (non-hydrogen) atoms. The van der Waals surface area contributed by atoms with E-state index in [1.54, 1.807) is 0 Å². The summed E-state index contributed by atoms with van der Waals surface area (Å²) in [5, 5.41) is 3.83. The molecule has 1 fully saturated rings. The third-order valence-electron chi connectivity index (χ3n) is 2.73. The fraction of sp³-hybridized carbons (Fsp3) is 0.333. The lowest BCUT2D eigenvalue weighted by atomic mass is 10.1. The molecule has 106 valence electrons. The van der Waals surface area contributed by atoms with Gasteiger partial charge in [0.05, 0.1) is 4.58 Å². The molecule has 8 heteroatoms. The predicted octanol–water partition coefficient (Wildman–Crippen LogP) is 5.04. The van der Waals surface area contributed by atoms with Crippen molar-refractivity contribution < 1.29 is 4.52 Å². The highest BCUT2D eigenvalue weighted by Crippen LogP contribution is 2.45. The van der Waals surface area contributed by atoms with E-state index >= 15 is 0 Å². The van der Waals surface area contributed by atoms with Crippen LogP contribution in [-0.4, -0.2) is 21.6 Å². The van der Waals surface area contributed by atoms with Gasteiger partial charge >= 0.3 is 0 Å². The number of benzene rings is 1. The first-order chi connectivity index (χ1) is 9.54. The molecule has 0 atom stereocenters. The summed E-state index contributed by atoms with van der Waals surface area (Å²) in [6, 6.07) is 8.08. The number of hydrogen-bond donors (Lipinski definition) is 0. The van der Waals surface area contributed by atoms with E-state index in [-0.39, 0.29) is 5.89 Å². The molecule has 2 heterocycles. The summed E-state index contributed by atoms with van der Waals surface area (Å²) >= 11 is 21.0. The molecule has 0 amide bonds. The van der Waals surface area contributed by atoms with E-state index in [0.29, 0.717) is 10.4 Å². The Kier molecular flexibility index (Phi) is 4.43. The van der Waals surface area contributed by atoms with Gasteiger partial charge in [-0.25, -0.2) is 0 Å². The number of aromatic nitrogens is 2. The Morgan fingerprint density at radius 3 is 2.30 bits per heavy atom. The maximum Gasteiger partial charge on any atom is 0.279 e. The molecule has 1 saturated heterocycles. The highest BCUT2D eigenvalue weighted by molar-refractivity contribution is 8.19. The molecule has 0 bridgehead atoms. The van der Waals surface area contributed by atoms with Crippen LogP contribution in [0.1, 0.15) is 16.0 Å². The van der Waals surface area contributed by atoms with Crippen LogP contribution in [0.2, 0.25) is 0 Å². The van der Waals surface area contributed by atoms with Crippen LogP contribution in [0, 0.1) is 0 Å². The van der Waals surface area contributed by atoms with E-state index in [4.69, 9.17) is 39.3 Å². The molecule has 3 nitrogen and oxygen atoms in total. The molecular weight excluding hydrogens is 359 g/mol. The minimum absolute atomic E-state index is 0.0246. The van der Waals surface area contributed by atoms with E-state index in [2.05, 4.69) is 22.3 Å². The smallest absolute Gasteiger partial charge is 0.279 e. The first kappa shape index (κ1) is 14.9. The van der Waals surface area contributed by atoms with Crippen molar-refractivity contribution >= 4 is 58.3 Å². The van der Waals surface area contributed by atoms with Crippen molar-refractivity contribution in [3.05, 3.63) is 35.7 Å². The van der Waals surface area contributed by atoms with Gasteiger partial charge in [0.2, 0.25) is 5.82 Å². The molecule has 0 N–H and O–H groups in total. The number of nitrogens with zero attached hydrogens (tertiary/aromatic N) is 2. The number of thioether (sulfide) groups is 2. The second kappa shape index (κ2) is 5.97. The summed E-state index contributed by atoms with van der Waals surface area (Å²) in [7, 11) is 0. The number of rotatable bonds is 2. The number of hydrogen-bond acceptors (Lipinski definition) is 5. The van der Waals surface area contributed by atoms with Gasteiger partial charge in [-0.2, -0.15) is 4.98 Å². The monoisotopic (exact) mass is 366 g/mol. The van der Waals surface area contributed by atoms with Gasteiger partial charge in [0.15, 0.2) is 0 Å². The largest absolute Gasteiger partial charge is 0.334 e. The van der Waals surface area contributed by atoms with Gasteiger partial charge in [-0.3, -0.25) is 0 Å². The Balaban J connectivity index is 1.82. The van der Waals surface area contributed by atoms with Crippen molar-refractivity contribution in [2.24, 2.45) is 0 Å². The maximum atomic E-state index is 5.70. The van der Waals surface area contributed by atoms with E-state index in [1.165, 1.54) is 17.1 Å². The summed E-state index contributed by atoms with van der Waals surface area (Å²) < 4.78 is 3.78. The average Bonchev–Trinajstić information content (AvgIpc) is 3.10. The van der Waals surface area contributed by atoms with Crippen molar-refractivity contribution in [2.75, 3.05) is 11.5 Å². The van der Waals surface area contributed by atoms with E-state index in [9.17, 15) is 0 Å². The van der Waals surface area contributed by atoms with E-state index in [1.807, 2.05) is 35.7 Å². The second-order valence-electron chi connectivity index (χ2n) is 4.12. The third kappa shape index (κ3) is 3.22. The van der Waals surface area contributed by atoms with Gasteiger partial charge in [0, 0.05) is 17.1 Å². The van der Waals surface area contributed by atoms with Gasteiger partial charge in [-0.15, -0.1) is 23.5 Å². The zero-order valence-corrected chi connectivity index (χ0v) is 14.0. The number of halogens is 3. The second-order valence-corrected chi connectivity index (χ2v) is 9.12. The lowest BCUT2D eigenvalue weighted by molar-refractivity contribution is 0.383. The number of alkyl halides is 3. The highest BCUT2D eigenvalue weighted by atomic mass is 35.6. The summed E-state index contributed by atoms with van der Waals surface area (Å²) in [4.78, 5) is 4.09. The van der Waals surface area contributed by atoms with Crippen LogP contribution in [0.3, 0.4) is 0 Å². The minimum Gasteiger partial charge on any atom is -0.334 e. The SMILES string of the molecule is ClC(Cl)(Cl)c1nc(-c2ccc(C3SCCS3)cc2)no1. The molecule has 1 aliphatic rings. The van der Waals surface area contributed by atoms with Crippen LogP contribution in [0.5, 0.6) is 0 Å². The lowest BCUT2D eigenvalue weighted by Crippen LogP contribution is -1.99. The van der Waals surface area contributed by atoms with Gasteiger partial charge in [-0.05, 0) is 5.56 Å². The van der Waals surface area contributed by atoms with Gasteiger partial charge < -0.3 is 4.52 Å². The minimum atomic E-state index is -1.69. The molecule has 0 spiro atoms. The van der Waals surface area contributed by atoms with E-state index < -0.39 is 3.79 Å². The van der Waals surface area contributed by atoms with Crippen molar-refractivity contribution in [3.63, 3.8) is 0 Å². The maximum absolute atomic E-state index is 5.70. The molecule has 0 radical (unpaired) electrons. The summed E-state index contributed by atoms with van der Waals surface area (Å²) in [6.07, 6.45) is 0. The quantitative estimate of drug-likeness (QED) is 0.695. The molecule has 1 aromatic carbocycles. The Labute approximate surface area is 139 Å². The molecule has 0 saturated carbocycles. The topological polar surface area (TPSA) is 38.9 Å². The van der Waals surface area contributed by atoms with Crippen LogP contribution >= 0.6 is 58.3 Å². The van der Waals surface area contributed by atoms with Crippen LogP contribution in [-0.2, 0) is 3.79 Å². The summed E-state index contributed by atoms with van der Waals surface area (Å²) in [6.45, 7) is 0. The zero-order valence-electron chi connectivity index (χ0n) is 10.1. The van der Waals surface area contributed by atoms with Crippen LogP contribution in [0.4, 0.5) is 0 Å². The van der Waals surface area contributed by atoms with Crippen LogP contribution < -0.4 is 0 Å². The predicted molar refractivity (Wildman–Crippen MR) is 86.6 cm³/mol. The van der Waals surface area contributed by atoms with Crippen molar-refractivity contribution in [1.29, 1.82) is 0 Å². The van der Waals surface area contributed by atoms with Crippen molar-refractivity contribution in [3.8, 4) is 11.4 Å². The average molecular weight is 368 g/mol. The fourth-order valence-corrected chi connectivity index (χ4v) is 4.89. The summed E-state index contributed by atoms with van der Waals surface area (Å²) in [5.74, 6) is 2.80. The van der Waals surface area contributed by atoms with Crippen LogP contribution in [0.15, 0.2) is 28.8 Å². The molecule has 1 aliphatic heterocycles. The Morgan fingerprint density at radius 1 is 1.10 bits per heavy atom. The molecule has 3 rings (SSSR count). The van der Waals surface area contributed by atoms with E-state index in [0.717, 1.165) is 5.56 Å². The molecule has 0 aliphatic carbocycles. The Hall–Kier alpha value is -0.0700. The van der Waals surface area contributed by atoms with Gasteiger partial charge in [0.25, 0.3) is 9.68 Å². The van der Waals surface area contributed by atoms with Crippen molar-refractivity contribution in [1.82, 2.24) is 10.1 Å². The molecule has 1 aromatic heterocycles. The molecular formula is C12H9Cl3N2OS2. The Bertz CT molecular complexity index is 591. The Morgan fingerprint density at radius 2 is 1.75 bits per heavy atom. The first-order valence-corrected chi connectivity index (χ1v) is 9.01. The standard InChI is InChI=1S/C12H9Cl3N2OS2/c13-12(14,15)11-16-9(17-18-11)7-1-3-8(4-2-7)10-19-5-6-20-10/h1-4,10H,5-6H2.